The van der Waals surface area contributed by atoms with Gasteiger partial charge in [-0.3, -0.25) is 14.7 Å². The number of aliphatic hydroxyl groups excluding tert-OH is 1. The van der Waals surface area contributed by atoms with Gasteiger partial charge in [0, 0.05) is 43.3 Å². The van der Waals surface area contributed by atoms with E-state index in [4.69, 9.17) is 0 Å². The van der Waals surface area contributed by atoms with Crippen molar-refractivity contribution in [1.82, 2.24) is 14.8 Å². The average molecular weight is 438 g/mol. The van der Waals surface area contributed by atoms with Gasteiger partial charge in [-0.1, -0.05) is 37.1 Å². The second kappa shape index (κ2) is 10.4. The number of aromatic nitrogens is 1. The molecule has 1 aliphatic heterocycles. The minimum atomic E-state index is -0.0238. The summed E-state index contributed by atoms with van der Waals surface area (Å²) in [6, 6.07) is 12.9. The normalized spacial score (nSPS) is 17.5. The first-order valence-corrected chi connectivity index (χ1v) is 12.0. The second-order valence-electron chi connectivity index (χ2n) is 8.40. The van der Waals surface area contributed by atoms with Crippen LogP contribution in [-0.4, -0.2) is 58.6 Å². The molecule has 0 unspecified atom stereocenters. The third-order valence-electron chi connectivity index (χ3n) is 6.22. The highest BCUT2D eigenvalue weighted by molar-refractivity contribution is 7.21. The predicted molar refractivity (Wildman–Crippen MR) is 126 cm³/mol. The molecular formula is C25H31N3O2S. The Hall–Kier alpha value is -2.28. The average Bonchev–Trinajstić information content (AvgIpc) is 3.01. The molecule has 1 aliphatic rings. The molecule has 1 atom stereocenters. The molecule has 6 heteroatoms. The zero-order chi connectivity index (χ0) is 21.6. The Kier molecular flexibility index (Phi) is 7.33. The maximum Gasteiger partial charge on any atom is 0.264 e. The van der Waals surface area contributed by atoms with Crippen molar-refractivity contribution in [1.29, 1.82) is 0 Å². The number of carbonyl (C=O) groups excluding carboxylic acids is 1. The highest BCUT2D eigenvalue weighted by Gasteiger charge is 2.27. The molecule has 0 bridgehead atoms. The molecule has 1 N–H and O–H groups in total. The van der Waals surface area contributed by atoms with E-state index in [-0.39, 0.29) is 12.5 Å². The molecule has 0 saturated carbocycles. The summed E-state index contributed by atoms with van der Waals surface area (Å²) in [7, 11) is 1.77. The van der Waals surface area contributed by atoms with Gasteiger partial charge in [0.1, 0.15) is 0 Å². The number of benzene rings is 1. The number of thiophene rings is 1. The first-order valence-electron chi connectivity index (χ1n) is 11.2. The van der Waals surface area contributed by atoms with Crippen molar-refractivity contribution >= 4 is 27.3 Å². The van der Waals surface area contributed by atoms with Gasteiger partial charge in [-0.15, -0.1) is 11.3 Å². The fourth-order valence-electron chi connectivity index (χ4n) is 4.54. The van der Waals surface area contributed by atoms with Crippen molar-refractivity contribution in [3.8, 4) is 0 Å². The number of carbonyl (C=O) groups is 1. The Balaban J connectivity index is 1.66. The minimum Gasteiger partial charge on any atom is -0.395 e. The van der Waals surface area contributed by atoms with Crippen molar-refractivity contribution in [3.63, 3.8) is 0 Å². The van der Waals surface area contributed by atoms with E-state index in [1.54, 1.807) is 23.3 Å². The van der Waals surface area contributed by atoms with E-state index in [0.717, 1.165) is 35.5 Å². The molecule has 0 radical (unpaired) electrons. The van der Waals surface area contributed by atoms with Crippen LogP contribution in [0.2, 0.25) is 0 Å². The third-order valence-corrected chi connectivity index (χ3v) is 7.42. The second-order valence-corrected chi connectivity index (χ2v) is 9.45. The molecule has 1 aromatic carbocycles. The maximum atomic E-state index is 13.2. The van der Waals surface area contributed by atoms with E-state index in [1.807, 2.05) is 24.5 Å². The van der Waals surface area contributed by atoms with Crippen LogP contribution >= 0.6 is 11.3 Å². The summed E-state index contributed by atoms with van der Waals surface area (Å²) in [6.07, 6.45) is 9.50. The van der Waals surface area contributed by atoms with Gasteiger partial charge in [0.2, 0.25) is 0 Å². The van der Waals surface area contributed by atoms with Crippen molar-refractivity contribution < 1.29 is 9.90 Å². The summed E-state index contributed by atoms with van der Waals surface area (Å²) < 4.78 is 1.16. The fraction of sp³-hybridized carbons (Fsp3) is 0.440. The number of rotatable bonds is 7. The summed E-state index contributed by atoms with van der Waals surface area (Å²) in [6.45, 7) is 2.30. The lowest BCUT2D eigenvalue weighted by Crippen LogP contribution is -2.36. The first kappa shape index (κ1) is 21.9. The standard InChI is InChI=1S/C25H31N3O2S/c1-27(14-15-29)25(30)24-22(21-10-4-5-11-23(21)31-24)16-20-9-3-2-6-13-28(20)18-19-8-7-12-26-17-19/h4-5,7-8,10-12,17,20,29H,2-3,6,9,13-16,18H2,1H3/t20-/m1/s1. The molecule has 3 heterocycles. The number of hydrogen-bond acceptors (Lipinski definition) is 5. The third kappa shape index (κ3) is 5.14. The molecule has 0 aliphatic carbocycles. The van der Waals surface area contributed by atoms with E-state index in [9.17, 15) is 9.90 Å². The van der Waals surface area contributed by atoms with Crippen LogP contribution in [-0.2, 0) is 13.0 Å². The molecule has 5 nitrogen and oxygen atoms in total. The predicted octanol–water partition coefficient (Wildman–Crippen LogP) is 4.35. The Morgan fingerprint density at radius 2 is 2.10 bits per heavy atom. The molecule has 4 rings (SSSR count). The number of likely N-dealkylation sites (tertiary alicyclic amines) is 1. The topological polar surface area (TPSA) is 56.7 Å². The molecular weight excluding hydrogens is 406 g/mol. The van der Waals surface area contributed by atoms with Crippen molar-refractivity contribution in [2.75, 3.05) is 26.7 Å². The van der Waals surface area contributed by atoms with Crippen LogP contribution in [0, 0.1) is 0 Å². The fourth-order valence-corrected chi connectivity index (χ4v) is 5.76. The summed E-state index contributed by atoms with van der Waals surface area (Å²) in [4.78, 5) is 22.5. The molecule has 2 aromatic heterocycles. The van der Waals surface area contributed by atoms with Gasteiger partial charge in [0.15, 0.2) is 0 Å². The summed E-state index contributed by atoms with van der Waals surface area (Å²) >= 11 is 1.58. The van der Waals surface area contributed by atoms with Crippen LogP contribution in [0.4, 0.5) is 0 Å². The van der Waals surface area contributed by atoms with Gasteiger partial charge < -0.3 is 10.0 Å². The highest BCUT2D eigenvalue weighted by atomic mass is 32.1. The van der Waals surface area contributed by atoms with Crippen LogP contribution in [0.5, 0.6) is 0 Å². The van der Waals surface area contributed by atoms with E-state index in [2.05, 4.69) is 34.1 Å². The van der Waals surface area contributed by atoms with Crippen LogP contribution in [0.15, 0.2) is 48.8 Å². The minimum absolute atomic E-state index is 0.0117. The van der Waals surface area contributed by atoms with Gasteiger partial charge in [0.25, 0.3) is 5.91 Å². The highest BCUT2D eigenvalue weighted by Crippen LogP contribution is 2.35. The van der Waals surface area contributed by atoms with Crippen molar-refractivity contribution in [2.45, 2.75) is 44.7 Å². The number of pyridine rings is 1. The number of hydrogen-bond donors (Lipinski definition) is 1. The lowest BCUT2D eigenvalue weighted by Gasteiger charge is -2.30. The molecule has 1 fully saturated rings. The quantitative estimate of drug-likeness (QED) is 0.597. The number of fused-ring (bicyclic) bond motifs is 1. The van der Waals surface area contributed by atoms with Crippen LogP contribution in [0.1, 0.15) is 46.5 Å². The SMILES string of the molecule is CN(CCO)C(=O)c1sc2ccccc2c1C[C@H]1CCCCCN1Cc1cccnc1. The van der Waals surface area contributed by atoms with Gasteiger partial charge in [-0.25, -0.2) is 0 Å². The monoisotopic (exact) mass is 437 g/mol. The lowest BCUT2D eigenvalue weighted by atomic mass is 9.97. The maximum absolute atomic E-state index is 13.2. The molecule has 164 valence electrons. The summed E-state index contributed by atoms with van der Waals surface area (Å²) in [5, 5.41) is 10.5. The van der Waals surface area contributed by atoms with Crippen LogP contribution in [0.25, 0.3) is 10.1 Å². The van der Waals surface area contributed by atoms with Crippen LogP contribution in [0.3, 0.4) is 0 Å². The molecule has 31 heavy (non-hydrogen) atoms. The number of likely N-dealkylation sites (N-methyl/N-ethyl adjacent to an activating group) is 1. The zero-order valence-electron chi connectivity index (χ0n) is 18.2. The van der Waals surface area contributed by atoms with E-state index < -0.39 is 0 Å². The molecule has 1 saturated heterocycles. The largest absolute Gasteiger partial charge is 0.395 e. The lowest BCUT2D eigenvalue weighted by molar-refractivity contribution is 0.0770. The molecule has 1 amide bonds. The molecule has 0 spiro atoms. The summed E-state index contributed by atoms with van der Waals surface area (Å²) in [5.74, 6) is 0.0117. The number of aliphatic hydroxyl groups is 1. The van der Waals surface area contributed by atoms with Gasteiger partial charge in [0.05, 0.1) is 11.5 Å². The van der Waals surface area contributed by atoms with E-state index in [1.165, 1.54) is 35.8 Å². The van der Waals surface area contributed by atoms with Crippen molar-refractivity contribution in [3.05, 3.63) is 64.8 Å². The Morgan fingerprint density at radius 1 is 1.23 bits per heavy atom. The molecule has 3 aromatic rings. The van der Waals surface area contributed by atoms with Gasteiger partial charge in [-0.2, -0.15) is 0 Å². The smallest absolute Gasteiger partial charge is 0.264 e. The van der Waals surface area contributed by atoms with Crippen LogP contribution < -0.4 is 0 Å². The van der Waals surface area contributed by atoms with Gasteiger partial charge >= 0.3 is 0 Å². The van der Waals surface area contributed by atoms with Crippen molar-refractivity contribution in [2.24, 2.45) is 0 Å². The van der Waals surface area contributed by atoms with Gasteiger partial charge in [-0.05, 0) is 54.5 Å². The number of nitrogens with zero attached hydrogens (tertiary/aromatic N) is 3. The van der Waals surface area contributed by atoms with E-state index >= 15 is 0 Å². The Morgan fingerprint density at radius 3 is 2.90 bits per heavy atom. The Bertz CT molecular complexity index is 1000. The zero-order valence-corrected chi connectivity index (χ0v) is 19.0. The first-order chi connectivity index (χ1) is 15.2. The summed E-state index contributed by atoms with van der Waals surface area (Å²) in [5.41, 5.74) is 2.40. The van der Waals surface area contributed by atoms with E-state index in [0.29, 0.717) is 12.6 Å². The number of amides is 1. The Labute approximate surface area is 188 Å².